The molecule has 1 aromatic heterocycles. The molecule has 0 spiro atoms. The van der Waals surface area contributed by atoms with Crippen LogP contribution >= 0.6 is 0 Å². The molecule has 0 unspecified atom stereocenters. The summed E-state index contributed by atoms with van der Waals surface area (Å²) in [4.78, 5) is 0. The number of pyridine rings is 1. The van der Waals surface area contributed by atoms with E-state index < -0.39 is 17.7 Å². The summed E-state index contributed by atoms with van der Waals surface area (Å²) in [6.45, 7) is 3.67. The second-order valence-corrected chi connectivity index (χ2v) is 8.44. The van der Waals surface area contributed by atoms with Gasteiger partial charge in [-0.2, -0.15) is 0 Å². The Kier molecular flexibility index (Phi) is 6.45. The minimum Gasteiger partial charge on any atom is -0.406 e. The number of ether oxygens (including phenoxy) is 1. The Hall–Kier alpha value is -2.81. The summed E-state index contributed by atoms with van der Waals surface area (Å²) in [5, 5.41) is 30.1. The van der Waals surface area contributed by atoms with Gasteiger partial charge in [-0.05, 0) is 69.7 Å². The Morgan fingerprint density at radius 2 is 1.81 bits per heavy atom. The zero-order valence-corrected chi connectivity index (χ0v) is 17.5. The van der Waals surface area contributed by atoms with Crippen LogP contribution in [0.15, 0.2) is 42.6 Å². The maximum absolute atomic E-state index is 12.5. The molecule has 6 nitrogen and oxygen atoms in total. The van der Waals surface area contributed by atoms with Crippen LogP contribution in [0.5, 0.6) is 5.75 Å². The monoisotopic (exact) mass is 436 g/mol. The third-order valence-corrected chi connectivity index (χ3v) is 5.63. The molecule has 9 heteroatoms. The molecule has 1 aliphatic carbocycles. The molecule has 0 radical (unpaired) electrons. The number of hydrogen-bond donors (Lipinski definition) is 4. The van der Waals surface area contributed by atoms with Crippen LogP contribution in [-0.2, 0) is 0 Å². The summed E-state index contributed by atoms with van der Waals surface area (Å²) in [6.07, 6.45) is 0.378. The van der Waals surface area contributed by atoms with Gasteiger partial charge in [0.1, 0.15) is 17.1 Å². The Balaban J connectivity index is 1.74. The zero-order valence-electron chi connectivity index (χ0n) is 17.5. The van der Waals surface area contributed by atoms with Crippen molar-refractivity contribution in [3.63, 3.8) is 0 Å². The topological polar surface area (TPSA) is 94.1 Å². The van der Waals surface area contributed by atoms with Gasteiger partial charge in [-0.1, -0.05) is 12.1 Å². The number of benzene rings is 1. The van der Waals surface area contributed by atoms with Gasteiger partial charge in [0.25, 0.3) is 0 Å². The normalized spacial score (nSPS) is 19.7. The molecule has 1 heterocycles. The van der Waals surface area contributed by atoms with Crippen LogP contribution in [0.3, 0.4) is 0 Å². The smallest absolute Gasteiger partial charge is 0.406 e. The Morgan fingerprint density at radius 3 is 2.42 bits per heavy atom. The van der Waals surface area contributed by atoms with E-state index in [1.165, 1.54) is 28.8 Å². The van der Waals surface area contributed by atoms with Crippen LogP contribution in [0.4, 0.5) is 18.9 Å². The van der Waals surface area contributed by atoms with E-state index in [1.54, 1.807) is 12.3 Å². The fraction of sp³-hybridized carbons (Fsp3) is 0.455. The lowest BCUT2D eigenvalue weighted by Crippen LogP contribution is -2.37. The highest BCUT2D eigenvalue weighted by Gasteiger charge is 2.32. The van der Waals surface area contributed by atoms with E-state index in [-0.39, 0.29) is 28.8 Å². The van der Waals surface area contributed by atoms with Crippen molar-refractivity contribution in [1.82, 2.24) is 4.57 Å². The number of aromatic nitrogens is 1. The van der Waals surface area contributed by atoms with Crippen LogP contribution in [0.2, 0.25) is 0 Å². The summed E-state index contributed by atoms with van der Waals surface area (Å²) in [7, 11) is 0. The van der Waals surface area contributed by atoms with Crippen molar-refractivity contribution in [2.24, 2.45) is 5.92 Å². The molecule has 1 saturated carbocycles. The highest BCUT2D eigenvalue weighted by atomic mass is 19.4. The van der Waals surface area contributed by atoms with Crippen molar-refractivity contribution in [2.75, 3.05) is 5.32 Å². The maximum atomic E-state index is 12.5. The van der Waals surface area contributed by atoms with E-state index >= 15 is 0 Å². The Morgan fingerprint density at radius 1 is 1.13 bits per heavy atom. The first-order chi connectivity index (χ1) is 14.4. The van der Waals surface area contributed by atoms with Crippen molar-refractivity contribution < 1.29 is 23.0 Å². The molecule has 4 N–H and O–H groups in total. The molecule has 1 aliphatic rings. The van der Waals surface area contributed by atoms with Gasteiger partial charge in [-0.3, -0.25) is 15.4 Å². The van der Waals surface area contributed by atoms with Crippen molar-refractivity contribution in [1.29, 1.82) is 10.8 Å². The molecule has 2 aromatic rings. The lowest BCUT2D eigenvalue weighted by atomic mass is 9.77. The Bertz CT molecular complexity index is 987. The molecule has 0 aliphatic heterocycles. The van der Waals surface area contributed by atoms with Gasteiger partial charge in [0, 0.05) is 17.8 Å². The number of anilines is 1. The maximum Gasteiger partial charge on any atom is 0.573 e. The zero-order chi connectivity index (χ0) is 22.8. The average molecular weight is 436 g/mol. The third-order valence-electron chi connectivity index (χ3n) is 5.63. The van der Waals surface area contributed by atoms with E-state index in [0.717, 1.165) is 37.4 Å². The first-order valence-electron chi connectivity index (χ1n) is 10.1. The quantitative estimate of drug-likeness (QED) is 0.411. The number of nitrogens with one attached hydrogen (secondary N) is 3. The van der Waals surface area contributed by atoms with Gasteiger partial charge in [0.2, 0.25) is 0 Å². The van der Waals surface area contributed by atoms with Crippen molar-refractivity contribution >= 4 is 11.5 Å². The lowest BCUT2D eigenvalue weighted by Gasteiger charge is -2.36. The van der Waals surface area contributed by atoms with Gasteiger partial charge in [0.05, 0.1) is 11.3 Å². The first-order valence-corrected chi connectivity index (χ1v) is 10.1. The molecular weight excluding hydrogens is 409 g/mol. The second kappa shape index (κ2) is 8.74. The highest BCUT2D eigenvalue weighted by molar-refractivity contribution is 5.98. The van der Waals surface area contributed by atoms with Gasteiger partial charge in [0.15, 0.2) is 0 Å². The van der Waals surface area contributed by atoms with Crippen LogP contribution in [0, 0.1) is 16.7 Å². The van der Waals surface area contributed by atoms with E-state index in [0.29, 0.717) is 0 Å². The predicted molar refractivity (Wildman–Crippen MR) is 111 cm³/mol. The number of aliphatic hydroxyl groups is 1. The van der Waals surface area contributed by atoms with Gasteiger partial charge >= 0.3 is 6.36 Å². The molecule has 1 aromatic carbocycles. The first kappa shape index (κ1) is 22.9. The largest absolute Gasteiger partial charge is 0.573 e. The van der Waals surface area contributed by atoms with Gasteiger partial charge < -0.3 is 15.2 Å². The second-order valence-electron chi connectivity index (χ2n) is 8.44. The number of alkyl halides is 3. The minimum absolute atomic E-state index is 0.0310. The van der Waals surface area contributed by atoms with Crippen molar-refractivity contribution in [3.05, 3.63) is 53.6 Å². The molecule has 168 valence electrons. The van der Waals surface area contributed by atoms with E-state index in [4.69, 9.17) is 10.8 Å². The summed E-state index contributed by atoms with van der Waals surface area (Å²) in [6, 6.07) is 8.65. The van der Waals surface area contributed by atoms with Crippen LogP contribution < -0.4 is 15.5 Å². The molecule has 1 fully saturated rings. The van der Waals surface area contributed by atoms with Gasteiger partial charge in [-0.25, -0.2) is 0 Å². The van der Waals surface area contributed by atoms with Crippen molar-refractivity contribution in [3.8, 4) is 5.75 Å². The van der Waals surface area contributed by atoms with Gasteiger partial charge in [-0.15, -0.1) is 13.2 Å². The van der Waals surface area contributed by atoms with Crippen LogP contribution in [0.25, 0.3) is 0 Å². The molecule has 0 amide bonds. The fourth-order valence-corrected chi connectivity index (χ4v) is 3.93. The van der Waals surface area contributed by atoms with Crippen molar-refractivity contribution in [2.45, 2.75) is 57.5 Å². The summed E-state index contributed by atoms with van der Waals surface area (Å²) >= 11 is 0. The standard InChI is InChI=1S/C22H27F3N4O2/c1-21(2,30)15-6-8-16(9-7-15)28-17-10-11-19(26)29(13-17)20(27)14-4-3-5-18(12-14)31-22(23,24)25/h3-5,10-13,15-16,26-28,30H,6-9H2,1-2H3. The predicted octanol–water partition coefficient (Wildman–Crippen LogP) is 4.48. The third kappa shape index (κ3) is 6.10. The van der Waals surface area contributed by atoms with E-state index in [2.05, 4.69) is 10.1 Å². The summed E-state index contributed by atoms with van der Waals surface area (Å²) in [5.41, 5.74) is 0.252. The highest BCUT2D eigenvalue weighted by Crippen LogP contribution is 2.33. The number of nitrogens with zero attached hydrogens (tertiary/aromatic N) is 1. The average Bonchev–Trinajstić information content (AvgIpc) is 2.67. The summed E-state index contributed by atoms with van der Waals surface area (Å²) < 4.78 is 42.7. The number of rotatable bonds is 5. The fourth-order valence-electron chi connectivity index (χ4n) is 3.93. The van der Waals surface area contributed by atoms with Crippen LogP contribution in [0.1, 0.15) is 45.1 Å². The number of halogens is 3. The molecule has 0 bridgehead atoms. The molecule has 31 heavy (non-hydrogen) atoms. The van der Waals surface area contributed by atoms with E-state index in [9.17, 15) is 18.3 Å². The number of hydrogen-bond acceptors (Lipinski definition) is 5. The van der Waals surface area contributed by atoms with Crippen LogP contribution in [-0.4, -0.2) is 33.5 Å². The molecule has 0 atom stereocenters. The lowest BCUT2D eigenvalue weighted by molar-refractivity contribution is -0.274. The molecular formula is C22H27F3N4O2. The molecule has 0 saturated heterocycles. The SMILES string of the molecule is CC(C)(O)C1CCC(Nc2ccc(=N)n(C(=N)c3cccc(OC(F)(F)F)c3)c2)CC1. The minimum atomic E-state index is -4.82. The molecule has 3 rings (SSSR count). The van der Waals surface area contributed by atoms with E-state index in [1.807, 2.05) is 13.8 Å². The summed E-state index contributed by atoms with van der Waals surface area (Å²) in [5.74, 6) is -0.294. The Labute approximate surface area is 178 Å².